The van der Waals surface area contributed by atoms with Crippen LogP contribution in [0, 0.1) is 47.1 Å². The second-order valence-electron chi connectivity index (χ2n) is 12.1. The monoisotopic (exact) mass is 531 g/mol. The fourth-order valence-corrected chi connectivity index (χ4v) is 7.99. The molecule has 2 aliphatic heterocycles. The molecule has 2 saturated heterocycles. The minimum atomic E-state index is -0.266. The van der Waals surface area contributed by atoms with Gasteiger partial charge in [-0.15, -0.1) is 0 Å². The Morgan fingerprint density at radius 2 is 1.18 bits per heavy atom. The van der Waals surface area contributed by atoms with E-state index in [1.54, 1.807) is 4.90 Å². The van der Waals surface area contributed by atoms with Gasteiger partial charge in [-0.3, -0.25) is 19.4 Å². The van der Waals surface area contributed by atoms with E-state index in [1.165, 1.54) is 30.7 Å². The summed E-state index contributed by atoms with van der Waals surface area (Å²) in [6.45, 7) is 4.99. The van der Waals surface area contributed by atoms with Crippen molar-refractivity contribution >= 4 is 11.8 Å². The standard InChI is InChI=1S/C32H35F2N3O2/c33-22-7-3-20(4-8-22)30(21-5-9-23(34)10-6-21)36-17-15-35(16-18-36)13-1-2-14-37-31(38)28-24-11-12-25(27-19-26(24)27)29(28)32(37)39/h3-12,24-30H,1-2,13-19H2/t24-,25+,26?,27?,28?,29?. The smallest absolute Gasteiger partial charge is 0.233 e. The van der Waals surface area contributed by atoms with Crippen LogP contribution in [0.25, 0.3) is 0 Å². The zero-order chi connectivity index (χ0) is 26.7. The van der Waals surface area contributed by atoms with Gasteiger partial charge in [0.15, 0.2) is 0 Å². The lowest BCUT2D eigenvalue weighted by Crippen LogP contribution is -2.48. The van der Waals surface area contributed by atoms with E-state index in [-0.39, 0.29) is 53.2 Å². The summed E-state index contributed by atoms with van der Waals surface area (Å²) in [6.07, 6.45) is 7.43. The summed E-state index contributed by atoms with van der Waals surface area (Å²) in [5.41, 5.74) is 2.00. The van der Waals surface area contributed by atoms with Crippen molar-refractivity contribution < 1.29 is 18.4 Å². The van der Waals surface area contributed by atoms with Crippen LogP contribution in [-0.4, -0.2) is 65.8 Å². The highest BCUT2D eigenvalue weighted by atomic mass is 19.1. The molecule has 5 nitrogen and oxygen atoms in total. The fourth-order valence-electron chi connectivity index (χ4n) is 7.99. The number of unbranched alkanes of at least 4 members (excludes halogenated alkanes) is 1. The molecule has 6 atom stereocenters. The number of imide groups is 1. The van der Waals surface area contributed by atoms with Gasteiger partial charge in [-0.25, -0.2) is 8.78 Å². The molecule has 204 valence electrons. The lowest BCUT2D eigenvalue weighted by atomic mass is 9.63. The number of likely N-dealkylation sites (tertiary alicyclic amines) is 1. The number of allylic oxidation sites excluding steroid dienone is 2. The molecule has 2 aromatic rings. The number of carbonyl (C=O) groups excluding carboxylic acids is 2. The SMILES string of the molecule is O=C1C2C(C(=O)N1CCCCN1CCN(C(c3ccc(F)cc3)c3ccc(F)cc3)CC1)[C@H]1C=C[C@@H]2C2CC21. The number of piperazine rings is 1. The Balaban J connectivity index is 0.920. The lowest BCUT2D eigenvalue weighted by molar-refractivity contribution is -0.140. The molecular weight excluding hydrogens is 496 g/mol. The second-order valence-corrected chi connectivity index (χ2v) is 12.1. The third-order valence-electron chi connectivity index (χ3n) is 10.0. The molecule has 4 fully saturated rings. The number of hydrogen-bond donors (Lipinski definition) is 0. The normalized spacial score (nSPS) is 31.7. The van der Waals surface area contributed by atoms with Crippen LogP contribution in [0.2, 0.25) is 0 Å². The molecule has 7 heteroatoms. The predicted molar refractivity (Wildman–Crippen MR) is 143 cm³/mol. The first-order valence-corrected chi connectivity index (χ1v) is 14.5. The van der Waals surface area contributed by atoms with E-state index < -0.39 is 0 Å². The number of carbonyl (C=O) groups is 2. The fraction of sp³-hybridized carbons (Fsp3) is 0.500. The summed E-state index contributed by atoms with van der Waals surface area (Å²) < 4.78 is 27.2. The van der Waals surface area contributed by atoms with Crippen LogP contribution in [0.1, 0.15) is 36.4 Å². The molecular formula is C32H35F2N3O2. The highest BCUT2D eigenvalue weighted by Gasteiger charge is 2.66. The Morgan fingerprint density at radius 3 is 1.69 bits per heavy atom. The molecule has 8 rings (SSSR count). The van der Waals surface area contributed by atoms with Gasteiger partial charge in [0.05, 0.1) is 17.9 Å². The maximum Gasteiger partial charge on any atom is 0.233 e. The van der Waals surface area contributed by atoms with Crippen LogP contribution in [-0.2, 0) is 9.59 Å². The third kappa shape index (κ3) is 4.44. The van der Waals surface area contributed by atoms with E-state index in [0.717, 1.165) is 56.7 Å². The maximum absolute atomic E-state index is 13.6. The van der Waals surface area contributed by atoms with Crippen molar-refractivity contribution in [2.24, 2.45) is 35.5 Å². The van der Waals surface area contributed by atoms with E-state index >= 15 is 0 Å². The first-order chi connectivity index (χ1) is 19.0. The van der Waals surface area contributed by atoms with Crippen molar-refractivity contribution in [3.05, 3.63) is 83.4 Å². The van der Waals surface area contributed by atoms with Gasteiger partial charge in [0.2, 0.25) is 11.8 Å². The van der Waals surface area contributed by atoms with Gasteiger partial charge in [0.1, 0.15) is 11.6 Å². The van der Waals surface area contributed by atoms with Gasteiger partial charge in [0, 0.05) is 32.7 Å². The average Bonchev–Trinajstić information content (AvgIpc) is 3.74. The van der Waals surface area contributed by atoms with E-state index in [0.29, 0.717) is 18.4 Å². The molecule has 4 unspecified atom stereocenters. The summed E-state index contributed by atoms with van der Waals surface area (Å²) in [7, 11) is 0. The number of hydrogen-bond acceptors (Lipinski definition) is 4. The zero-order valence-corrected chi connectivity index (χ0v) is 22.1. The Kier molecular flexibility index (Phi) is 6.39. The summed E-state index contributed by atoms with van der Waals surface area (Å²) in [5, 5.41) is 0. The predicted octanol–water partition coefficient (Wildman–Crippen LogP) is 4.51. The van der Waals surface area contributed by atoms with Gasteiger partial charge in [0.25, 0.3) is 0 Å². The second kappa shape index (κ2) is 9.93. The topological polar surface area (TPSA) is 43.9 Å². The van der Waals surface area contributed by atoms with Crippen molar-refractivity contribution in [3.8, 4) is 0 Å². The molecule has 2 saturated carbocycles. The van der Waals surface area contributed by atoms with Gasteiger partial charge < -0.3 is 4.90 Å². The van der Waals surface area contributed by atoms with Gasteiger partial charge in [-0.2, -0.15) is 0 Å². The Bertz CT molecular complexity index is 1190. The number of halogens is 2. The molecule has 2 aromatic carbocycles. The molecule has 2 amide bonds. The highest BCUT2D eigenvalue weighted by molar-refractivity contribution is 6.06. The van der Waals surface area contributed by atoms with Crippen LogP contribution in [0.15, 0.2) is 60.7 Å². The molecule has 0 aromatic heterocycles. The van der Waals surface area contributed by atoms with Gasteiger partial charge in [-0.1, -0.05) is 36.4 Å². The maximum atomic E-state index is 13.6. The largest absolute Gasteiger partial charge is 0.301 e. The number of amides is 2. The first-order valence-electron chi connectivity index (χ1n) is 14.5. The molecule has 0 N–H and O–H groups in total. The minimum Gasteiger partial charge on any atom is -0.301 e. The molecule has 0 spiro atoms. The van der Waals surface area contributed by atoms with Crippen molar-refractivity contribution in [2.75, 3.05) is 39.3 Å². The van der Waals surface area contributed by atoms with E-state index in [9.17, 15) is 18.4 Å². The van der Waals surface area contributed by atoms with Crippen molar-refractivity contribution in [1.29, 1.82) is 0 Å². The Hall–Kier alpha value is -2.90. The molecule has 39 heavy (non-hydrogen) atoms. The van der Waals surface area contributed by atoms with Crippen molar-refractivity contribution in [1.82, 2.24) is 14.7 Å². The average molecular weight is 532 g/mol. The quantitative estimate of drug-likeness (QED) is 0.286. The van der Waals surface area contributed by atoms with Crippen molar-refractivity contribution in [2.45, 2.75) is 25.3 Å². The van der Waals surface area contributed by atoms with Crippen LogP contribution in [0.5, 0.6) is 0 Å². The van der Waals surface area contributed by atoms with Crippen LogP contribution in [0.4, 0.5) is 8.78 Å². The van der Waals surface area contributed by atoms with E-state index in [2.05, 4.69) is 22.0 Å². The van der Waals surface area contributed by atoms with Crippen molar-refractivity contribution in [3.63, 3.8) is 0 Å². The molecule has 4 aliphatic carbocycles. The lowest BCUT2D eigenvalue weighted by Gasteiger charge is -2.40. The van der Waals surface area contributed by atoms with Gasteiger partial charge in [-0.05, 0) is 84.9 Å². The van der Waals surface area contributed by atoms with E-state index in [1.807, 2.05) is 24.3 Å². The number of nitrogens with zero attached hydrogens (tertiary/aromatic N) is 3. The van der Waals surface area contributed by atoms with Crippen LogP contribution in [0.3, 0.4) is 0 Å². The minimum absolute atomic E-state index is 0.0557. The number of benzene rings is 2. The summed E-state index contributed by atoms with van der Waals surface area (Å²) >= 11 is 0. The summed E-state index contributed by atoms with van der Waals surface area (Å²) in [6, 6.07) is 13.1. The van der Waals surface area contributed by atoms with Crippen LogP contribution < -0.4 is 0 Å². The van der Waals surface area contributed by atoms with Gasteiger partial charge >= 0.3 is 0 Å². The Morgan fingerprint density at radius 1 is 0.692 bits per heavy atom. The Labute approximate surface area is 228 Å². The summed E-state index contributed by atoms with van der Waals surface area (Å²) in [4.78, 5) is 32.8. The zero-order valence-electron chi connectivity index (χ0n) is 22.1. The highest BCUT2D eigenvalue weighted by Crippen LogP contribution is 2.65. The van der Waals surface area contributed by atoms with E-state index in [4.69, 9.17) is 0 Å². The summed E-state index contributed by atoms with van der Waals surface area (Å²) in [5.74, 6) is 1.29. The molecule has 0 radical (unpaired) electrons. The number of rotatable bonds is 8. The molecule has 6 aliphatic rings. The van der Waals surface area contributed by atoms with Crippen LogP contribution >= 0.6 is 0 Å². The first kappa shape index (κ1) is 25.1. The third-order valence-corrected chi connectivity index (χ3v) is 10.0. The molecule has 2 heterocycles. The molecule has 2 bridgehead atoms.